The number of methoxy groups -OCH3 is 1. The lowest BCUT2D eigenvalue weighted by Gasteiger charge is -2.08. The number of rotatable bonds is 6. The van der Waals surface area contributed by atoms with Crippen molar-refractivity contribution in [3.63, 3.8) is 0 Å². The maximum absolute atomic E-state index is 13.9. The van der Waals surface area contributed by atoms with Crippen LogP contribution in [0.4, 0.5) is 20.3 Å². The monoisotopic (exact) mass is 392 g/mol. The SMILES string of the molecule is COc1ccc(Cn2cc(-c3cccc(Nc4cc(F)ccc4F)n3)cn2)cc1. The van der Waals surface area contributed by atoms with Crippen molar-refractivity contribution < 1.29 is 13.5 Å². The molecule has 0 aliphatic heterocycles. The van der Waals surface area contributed by atoms with Gasteiger partial charge in [0.05, 0.1) is 31.2 Å². The number of nitrogens with one attached hydrogen (secondary N) is 1. The van der Waals surface area contributed by atoms with Crippen LogP contribution in [0.3, 0.4) is 0 Å². The Kier molecular flexibility index (Phi) is 5.20. The van der Waals surface area contributed by atoms with Crippen molar-refractivity contribution >= 4 is 11.5 Å². The molecule has 0 bridgehead atoms. The Labute approximate surface area is 166 Å². The maximum Gasteiger partial charge on any atom is 0.146 e. The molecule has 2 aromatic heterocycles. The molecule has 0 aliphatic rings. The third-order valence-corrected chi connectivity index (χ3v) is 4.37. The van der Waals surface area contributed by atoms with Crippen LogP contribution in [0.2, 0.25) is 0 Å². The van der Waals surface area contributed by atoms with Crippen molar-refractivity contribution in [1.29, 1.82) is 0 Å². The van der Waals surface area contributed by atoms with Gasteiger partial charge in [0.1, 0.15) is 23.2 Å². The number of halogens is 2. The lowest BCUT2D eigenvalue weighted by Crippen LogP contribution is -1.99. The van der Waals surface area contributed by atoms with Crippen LogP contribution in [0.25, 0.3) is 11.3 Å². The Bertz CT molecular complexity index is 1130. The van der Waals surface area contributed by atoms with E-state index in [1.807, 2.05) is 41.2 Å². The van der Waals surface area contributed by atoms with Gasteiger partial charge in [-0.1, -0.05) is 18.2 Å². The molecular formula is C22H18F2N4O. The first-order valence-corrected chi connectivity index (χ1v) is 8.95. The fourth-order valence-corrected chi connectivity index (χ4v) is 2.90. The highest BCUT2D eigenvalue weighted by Gasteiger charge is 2.08. The summed E-state index contributed by atoms with van der Waals surface area (Å²) in [5.41, 5.74) is 2.62. The molecule has 7 heteroatoms. The van der Waals surface area contributed by atoms with Gasteiger partial charge in [-0.05, 0) is 42.0 Å². The smallest absolute Gasteiger partial charge is 0.146 e. The molecule has 5 nitrogen and oxygen atoms in total. The third-order valence-electron chi connectivity index (χ3n) is 4.37. The predicted molar refractivity (Wildman–Crippen MR) is 107 cm³/mol. The summed E-state index contributed by atoms with van der Waals surface area (Å²) in [6.07, 6.45) is 3.61. The summed E-state index contributed by atoms with van der Waals surface area (Å²) in [5.74, 6) is 0.142. The van der Waals surface area contributed by atoms with E-state index in [2.05, 4.69) is 15.4 Å². The molecule has 0 atom stereocenters. The number of anilines is 2. The molecule has 2 heterocycles. The lowest BCUT2D eigenvalue weighted by atomic mass is 10.2. The van der Waals surface area contributed by atoms with Crippen LogP contribution in [0.15, 0.2) is 73.1 Å². The molecule has 29 heavy (non-hydrogen) atoms. The van der Waals surface area contributed by atoms with E-state index < -0.39 is 11.6 Å². The van der Waals surface area contributed by atoms with Crippen molar-refractivity contribution in [3.8, 4) is 17.0 Å². The fraction of sp³-hybridized carbons (Fsp3) is 0.0909. The Morgan fingerprint density at radius 3 is 2.66 bits per heavy atom. The zero-order chi connectivity index (χ0) is 20.2. The van der Waals surface area contributed by atoms with E-state index in [4.69, 9.17) is 4.74 Å². The number of hydrogen-bond donors (Lipinski definition) is 1. The first kappa shape index (κ1) is 18.6. The van der Waals surface area contributed by atoms with Crippen molar-refractivity contribution in [2.24, 2.45) is 0 Å². The Balaban J connectivity index is 1.51. The van der Waals surface area contributed by atoms with E-state index in [1.54, 1.807) is 25.4 Å². The van der Waals surface area contributed by atoms with Crippen LogP contribution >= 0.6 is 0 Å². The summed E-state index contributed by atoms with van der Waals surface area (Å²) in [4.78, 5) is 4.48. The summed E-state index contributed by atoms with van der Waals surface area (Å²) < 4.78 is 34.2. The molecule has 0 spiro atoms. The molecular weight excluding hydrogens is 374 g/mol. The summed E-state index contributed by atoms with van der Waals surface area (Å²) in [6, 6.07) is 16.3. The lowest BCUT2D eigenvalue weighted by molar-refractivity contribution is 0.414. The molecule has 146 valence electrons. The predicted octanol–water partition coefficient (Wildman–Crippen LogP) is 5.02. The van der Waals surface area contributed by atoms with Crippen molar-refractivity contribution in [2.45, 2.75) is 6.54 Å². The van der Waals surface area contributed by atoms with Gasteiger partial charge in [-0.2, -0.15) is 5.10 Å². The number of nitrogens with zero attached hydrogens (tertiary/aromatic N) is 3. The van der Waals surface area contributed by atoms with Gasteiger partial charge in [0.25, 0.3) is 0 Å². The summed E-state index contributed by atoms with van der Waals surface area (Å²) in [5, 5.41) is 7.20. The van der Waals surface area contributed by atoms with Crippen LogP contribution in [-0.4, -0.2) is 21.9 Å². The van der Waals surface area contributed by atoms with E-state index in [0.29, 0.717) is 18.1 Å². The van der Waals surface area contributed by atoms with Crippen LogP contribution in [-0.2, 0) is 6.54 Å². The van der Waals surface area contributed by atoms with Gasteiger partial charge in [0.2, 0.25) is 0 Å². The summed E-state index contributed by atoms with van der Waals surface area (Å²) in [6.45, 7) is 0.608. The number of benzene rings is 2. The van der Waals surface area contributed by atoms with Gasteiger partial charge in [-0.3, -0.25) is 4.68 Å². The molecule has 1 N–H and O–H groups in total. The molecule has 4 rings (SSSR count). The van der Waals surface area contributed by atoms with Gasteiger partial charge in [-0.15, -0.1) is 0 Å². The second-order valence-electron chi connectivity index (χ2n) is 6.43. The molecule has 0 aliphatic carbocycles. The second kappa shape index (κ2) is 8.10. The number of aromatic nitrogens is 3. The molecule has 0 fully saturated rings. The van der Waals surface area contributed by atoms with Crippen molar-refractivity contribution in [1.82, 2.24) is 14.8 Å². The molecule has 0 amide bonds. The Hall–Kier alpha value is -3.74. The molecule has 0 saturated heterocycles. The summed E-state index contributed by atoms with van der Waals surface area (Å²) >= 11 is 0. The van der Waals surface area contributed by atoms with Gasteiger partial charge in [0.15, 0.2) is 0 Å². The molecule has 0 radical (unpaired) electrons. The molecule has 0 saturated carbocycles. The standard InChI is InChI=1S/C22H18F2N4O/c1-29-18-8-5-15(6-9-18)13-28-14-16(12-25-28)20-3-2-4-22(26-20)27-21-11-17(23)7-10-19(21)24/h2-12,14H,13H2,1H3,(H,26,27). The Morgan fingerprint density at radius 1 is 1.03 bits per heavy atom. The maximum atomic E-state index is 13.9. The average Bonchev–Trinajstić information content (AvgIpc) is 3.20. The average molecular weight is 392 g/mol. The van der Waals surface area contributed by atoms with Gasteiger partial charge in [-0.25, -0.2) is 13.8 Å². The van der Waals surface area contributed by atoms with E-state index >= 15 is 0 Å². The van der Waals surface area contributed by atoms with Gasteiger partial charge >= 0.3 is 0 Å². The normalized spacial score (nSPS) is 10.7. The minimum Gasteiger partial charge on any atom is -0.497 e. The first-order chi connectivity index (χ1) is 14.1. The summed E-state index contributed by atoms with van der Waals surface area (Å²) in [7, 11) is 1.63. The van der Waals surface area contributed by atoms with Crippen molar-refractivity contribution in [2.75, 3.05) is 12.4 Å². The highest BCUT2D eigenvalue weighted by atomic mass is 19.1. The van der Waals surface area contributed by atoms with Crippen molar-refractivity contribution in [3.05, 3.63) is 90.3 Å². The van der Waals surface area contributed by atoms with E-state index in [0.717, 1.165) is 35.1 Å². The highest BCUT2D eigenvalue weighted by Crippen LogP contribution is 2.23. The van der Waals surface area contributed by atoms with Gasteiger partial charge < -0.3 is 10.1 Å². The third kappa shape index (κ3) is 4.40. The van der Waals surface area contributed by atoms with Crippen LogP contribution in [0, 0.1) is 11.6 Å². The zero-order valence-electron chi connectivity index (χ0n) is 15.6. The number of pyridine rings is 1. The fourth-order valence-electron chi connectivity index (χ4n) is 2.90. The van der Waals surface area contributed by atoms with E-state index in [-0.39, 0.29) is 5.69 Å². The molecule has 0 unspecified atom stereocenters. The van der Waals surface area contributed by atoms with E-state index in [1.165, 1.54) is 0 Å². The number of hydrogen-bond acceptors (Lipinski definition) is 4. The van der Waals surface area contributed by atoms with E-state index in [9.17, 15) is 8.78 Å². The number of ether oxygens (including phenoxy) is 1. The quantitative estimate of drug-likeness (QED) is 0.500. The minimum absolute atomic E-state index is 0.0323. The van der Waals surface area contributed by atoms with Gasteiger partial charge in [0, 0.05) is 17.8 Å². The molecule has 4 aromatic rings. The van der Waals surface area contributed by atoms with Crippen LogP contribution < -0.4 is 10.1 Å². The minimum atomic E-state index is -0.550. The molecule has 2 aromatic carbocycles. The first-order valence-electron chi connectivity index (χ1n) is 8.95. The largest absolute Gasteiger partial charge is 0.497 e. The topological polar surface area (TPSA) is 52.0 Å². The Morgan fingerprint density at radius 2 is 1.86 bits per heavy atom. The second-order valence-corrected chi connectivity index (χ2v) is 6.43. The van der Waals surface area contributed by atoms with Crippen LogP contribution in [0.5, 0.6) is 5.75 Å². The zero-order valence-corrected chi connectivity index (χ0v) is 15.6. The van der Waals surface area contributed by atoms with Crippen LogP contribution in [0.1, 0.15) is 5.56 Å². The highest BCUT2D eigenvalue weighted by molar-refractivity contribution is 5.63.